The molecule has 0 atom stereocenters. The zero-order valence-electron chi connectivity index (χ0n) is 14.7. The summed E-state index contributed by atoms with van der Waals surface area (Å²) in [6.07, 6.45) is 7.85. The molecule has 0 saturated carbocycles. The number of hydrogen-bond donors (Lipinski definition) is 2. The zero-order chi connectivity index (χ0) is 17.5. The van der Waals surface area contributed by atoms with Gasteiger partial charge in [0.25, 0.3) is 5.91 Å². The van der Waals surface area contributed by atoms with Crippen molar-refractivity contribution >= 4 is 23.1 Å². The van der Waals surface area contributed by atoms with Crippen molar-refractivity contribution in [3.63, 3.8) is 0 Å². The molecular formula is C19H25N5O. The van der Waals surface area contributed by atoms with Gasteiger partial charge in [-0.25, -0.2) is 9.97 Å². The van der Waals surface area contributed by atoms with E-state index in [1.807, 2.05) is 19.1 Å². The fourth-order valence-electron chi connectivity index (χ4n) is 2.89. The van der Waals surface area contributed by atoms with Gasteiger partial charge in [0, 0.05) is 31.0 Å². The molecule has 3 rings (SSSR count). The quantitative estimate of drug-likeness (QED) is 0.844. The lowest BCUT2D eigenvalue weighted by Gasteiger charge is -2.28. The number of aromatic nitrogens is 2. The van der Waals surface area contributed by atoms with Gasteiger partial charge in [0.1, 0.15) is 11.5 Å². The molecule has 1 aliphatic heterocycles. The van der Waals surface area contributed by atoms with Crippen molar-refractivity contribution < 1.29 is 4.79 Å². The molecule has 1 aromatic heterocycles. The van der Waals surface area contributed by atoms with Gasteiger partial charge in [-0.15, -0.1) is 0 Å². The van der Waals surface area contributed by atoms with E-state index in [0.717, 1.165) is 25.2 Å². The third-order valence-electron chi connectivity index (χ3n) is 4.28. The maximum atomic E-state index is 11.8. The standard InChI is InChI=1S/C19H25N5O/c1-2-10-20-19(25)17-13-22-18(14-21-17)23-15-6-8-16(9-7-15)24-11-4-3-5-12-24/h6-9,13-14H,2-5,10-12H2,1H3,(H,20,25)(H,22,23). The number of anilines is 3. The summed E-state index contributed by atoms with van der Waals surface area (Å²) >= 11 is 0. The van der Waals surface area contributed by atoms with Crippen LogP contribution in [0.3, 0.4) is 0 Å². The summed E-state index contributed by atoms with van der Waals surface area (Å²) in [5, 5.41) is 6.01. The molecule has 25 heavy (non-hydrogen) atoms. The third-order valence-corrected chi connectivity index (χ3v) is 4.28. The molecule has 6 nitrogen and oxygen atoms in total. The van der Waals surface area contributed by atoms with Crippen molar-refractivity contribution in [3.05, 3.63) is 42.4 Å². The van der Waals surface area contributed by atoms with E-state index >= 15 is 0 Å². The van der Waals surface area contributed by atoms with Crippen molar-refractivity contribution in [3.8, 4) is 0 Å². The molecule has 1 aliphatic rings. The predicted octanol–water partition coefficient (Wildman–Crippen LogP) is 3.35. The molecule has 6 heteroatoms. The molecule has 0 aliphatic carbocycles. The molecule has 1 fully saturated rings. The fourth-order valence-corrected chi connectivity index (χ4v) is 2.89. The van der Waals surface area contributed by atoms with Crippen LogP contribution in [-0.4, -0.2) is 35.5 Å². The Morgan fingerprint density at radius 1 is 1.08 bits per heavy atom. The summed E-state index contributed by atoms with van der Waals surface area (Å²) < 4.78 is 0. The Morgan fingerprint density at radius 3 is 2.48 bits per heavy atom. The largest absolute Gasteiger partial charge is 0.372 e. The van der Waals surface area contributed by atoms with Gasteiger partial charge in [-0.3, -0.25) is 4.79 Å². The van der Waals surface area contributed by atoms with Crippen LogP contribution in [0.5, 0.6) is 0 Å². The van der Waals surface area contributed by atoms with E-state index in [0.29, 0.717) is 18.1 Å². The Kier molecular flexibility index (Phi) is 5.82. The number of nitrogens with one attached hydrogen (secondary N) is 2. The zero-order valence-corrected chi connectivity index (χ0v) is 14.7. The van der Waals surface area contributed by atoms with Gasteiger partial charge in [0.2, 0.25) is 0 Å². The van der Waals surface area contributed by atoms with E-state index in [4.69, 9.17) is 0 Å². The van der Waals surface area contributed by atoms with Crippen molar-refractivity contribution in [2.45, 2.75) is 32.6 Å². The van der Waals surface area contributed by atoms with Crippen LogP contribution in [0.4, 0.5) is 17.2 Å². The lowest BCUT2D eigenvalue weighted by Crippen LogP contribution is -2.29. The molecular weight excluding hydrogens is 314 g/mol. The highest BCUT2D eigenvalue weighted by Crippen LogP contribution is 2.23. The third kappa shape index (κ3) is 4.68. The molecule has 1 saturated heterocycles. The lowest BCUT2D eigenvalue weighted by atomic mass is 10.1. The first-order chi connectivity index (χ1) is 12.3. The van der Waals surface area contributed by atoms with Crippen molar-refractivity contribution in [1.82, 2.24) is 15.3 Å². The van der Waals surface area contributed by atoms with Crippen LogP contribution >= 0.6 is 0 Å². The second-order valence-corrected chi connectivity index (χ2v) is 6.26. The van der Waals surface area contributed by atoms with E-state index in [1.165, 1.54) is 31.1 Å². The van der Waals surface area contributed by atoms with Crippen molar-refractivity contribution in [2.24, 2.45) is 0 Å². The molecule has 0 unspecified atom stereocenters. The average molecular weight is 339 g/mol. The Morgan fingerprint density at radius 2 is 1.84 bits per heavy atom. The van der Waals surface area contributed by atoms with Gasteiger partial charge >= 0.3 is 0 Å². The highest BCUT2D eigenvalue weighted by atomic mass is 16.1. The van der Waals surface area contributed by atoms with Gasteiger partial charge in [0.05, 0.1) is 12.4 Å². The Hall–Kier alpha value is -2.63. The molecule has 132 valence electrons. The van der Waals surface area contributed by atoms with Crippen LogP contribution < -0.4 is 15.5 Å². The van der Waals surface area contributed by atoms with E-state index < -0.39 is 0 Å². The van der Waals surface area contributed by atoms with Crippen LogP contribution in [0, 0.1) is 0 Å². The smallest absolute Gasteiger partial charge is 0.271 e. The number of hydrogen-bond acceptors (Lipinski definition) is 5. The SMILES string of the molecule is CCCNC(=O)c1cnc(Nc2ccc(N3CCCCC3)cc2)cn1. The maximum absolute atomic E-state index is 11.8. The second-order valence-electron chi connectivity index (χ2n) is 6.26. The van der Waals surface area contributed by atoms with Crippen molar-refractivity contribution in [1.29, 1.82) is 0 Å². The van der Waals surface area contributed by atoms with Gasteiger partial charge in [-0.05, 0) is 49.9 Å². The average Bonchev–Trinajstić information content (AvgIpc) is 2.68. The number of amides is 1. The van der Waals surface area contributed by atoms with Crippen LogP contribution in [0.15, 0.2) is 36.7 Å². The fraction of sp³-hybridized carbons (Fsp3) is 0.421. The number of benzene rings is 1. The minimum atomic E-state index is -0.188. The molecule has 2 N–H and O–H groups in total. The molecule has 0 bridgehead atoms. The van der Waals surface area contributed by atoms with Gasteiger partial charge in [0.15, 0.2) is 0 Å². The summed E-state index contributed by atoms with van der Waals surface area (Å²) in [5.41, 5.74) is 2.55. The van der Waals surface area contributed by atoms with Gasteiger partial charge in [-0.2, -0.15) is 0 Å². The summed E-state index contributed by atoms with van der Waals surface area (Å²) in [4.78, 5) is 22.7. The van der Waals surface area contributed by atoms with E-state index in [2.05, 4.69) is 37.6 Å². The predicted molar refractivity (Wildman–Crippen MR) is 100 cm³/mol. The van der Waals surface area contributed by atoms with Gasteiger partial charge < -0.3 is 15.5 Å². The monoisotopic (exact) mass is 339 g/mol. The minimum Gasteiger partial charge on any atom is -0.372 e. The number of piperidine rings is 1. The number of nitrogens with zero attached hydrogens (tertiary/aromatic N) is 3. The summed E-state index contributed by atoms with van der Waals surface area (Å²) in [7, 11) is 0. The van der Waals surface area contributed by atoms with Crippen LogP contribution in [0.25, 0.3) is 0 Å². The highest BCUT2D eigenvalue weighted by molar-refractivity contribution is 5.92. The maximum Gasteiger partial charge on any atom is 0.271 e. The first-order valence-electron chi connectivity index (χ1n) is 8.98. The first-order valence-corrected chi connectivity index (χ1v) is 8.98. The van der Waals surface area contributed by atoms with Crippen LogP contribution in [0.1, 0.15) is 43.1 Å². The highest BCUT2D eigenvalue weighted by Gasteiger charge is 2.11. The van der Waals surface area contributed by atoms with Gasteiger partial charge in [-0.1, -0.05) is 6.92 Å². The first kappa shape index (κ1) is 17.2. The summed E-state index contributed by atoms with van der Waals surface area (Å²) in [5.74, 6) is 0.435. The molecule has 0 spiro atoms. The number of carbonyl (C=O) groups is 1. The minimum absolute atomic E-state index is 0.188. The van der Waals surface area contributed by atoms with E-state index in [-0.39, 0.29) is 5.91 Å². The normalized spacial score (nSPS) is 14.2. The topological polar surface area (TPSA) is 70.2 Å². The Bertz CT molecular complexity index is 678. The summed E-state index contributed by atoms with van der Waals surface area (Å²) in [6, 6.07) is 8.36. The van der Waals surface area contributed by atoms with E-state index in [1.54, 1.807) is 6.20 Å². The molecule has 1 amide bonds. The van der Waals surface area contributed by atoms with Crippen LogP contribution in [0.2, 0.25) is 0 Å². The Labute approximate surface area is 148 Å². The summed E-state index contributed by atoms with van der Waals surface area (Å²) in [6.45, 7) is 4.93. The van der Waals surface area contributed by atoms with E-state index in [9.17, 15) is 4.79 Å². The van der Waals surface area contributed by atoms with Crippen molar-refractivity contribution in [2.75, 3.05) is 29.9 Å². The lowest BCUT2D eigenvalue weighted by molar-refractivity contribution is 0.0948. The number of carbonyl (C=O) groups excluding carboxylic acids is 1. The number of rotatable bonds is 6. The Balaban J connectivity index is 1.59. The molecule has 2 heterocycles. The second kappa shape index (κ2) is 8.46. The molecule has 0 radical (unpaired) electrons. The van der Waals surface area contributed by atoms with Crippen LogP contribution in [-0.2, 0) is 0 Å². The molecule has 2 aromatic rings. The molecule has 1 aromatic carbocycles.